The van der Waals surface area contributed by atoms with Gasteiger partial charge in [0.25, 0.3) is 5.91 Å². The van der Waals surface area contributed by atoms with Crippen molar-refractivity contribution in [1.82, 2.24) is 15.6 Å². The highest BCUT2D eigenvalue weighted by Crippen LogP contribution is 2.20. The van der Waals surface area contributed by atoms with E-state index >= 15 is 0 Å². The van der Waals surface area contributed by atoms with E-state index in [1.165, 1.54) is 0 Å². The van der Waals surface area contributed by atoms with E-state index in [0.29, 0.717) is 0 Å². The van der Waals surface area contributed by atoms with E-state index in [2.05, 4.69) is 20.3 Å². The lowest BCUT2D eigenvalue weighted by atomic mass is 9.89. The molecule has 3 N–H and O–H groups in total. The number of amides is 1. The van der Waals surface area contributed by atoms with Crippen LogP contribution >= 0.6 is 0 Å². The van der Waals surface area contributed by atoms with Crippen molar-refractivity contribution in [3.05, 3.63) is 5.69 Å². The predicted molar refractivity (Wildman–Crippen MR) is 59.8 cm³/mol. The summed E-state index contributed by atoms with van der Waals surface area (Å²) in [6.45, 7) is 6.12. The molecule has 6 heteroatoms. The Kier molecular flexibility index (Phi) is 3.87. The lowest BCUT2D eigenvalue weighted by Crippen LogP contribution is -2.47. The van der Waals surface area contributed by atoms with Crippen LogP contribution in [0.1, 0.15) is 50.5 Å². The summed E-state index contributed by atoms with van der Waals surface area (Å²) in [6, 6.07) is 0. The van der Waals surface area contributed by atoms with Crippen molar-refractivity contribution in [1.29, 1.82) is 0 Å². The van der Waals surface area contributed by atoms with Gasteiger partial charge in [-0.2, -0.15) is 0 Å². The SMILES string of the molecule is CCC(CC)(CC)NC(=O)c1nonc1N. The van der Waals surface area contributed by atoms with Crippen LogP contribution in [0.5, 0.6) is 0 Å². The average Bonchev–Trinajstić information content (AvgIpc) is 2.72. The number of hydrogen-bond donors (Lipinski definition) is 2. The molecule has 0 radical (unpaired) electrons. The molecule has 1 heterocycles. The van der Waals surface area contributed by atoms with Crippen molar-refractivity contribution < 1.29 is 9.42 Å². The van der Waals surface area contributed by atoms with Gasteiger partial charge in [0.05, 0.1) is 0 Å². The van der Waals surface area contributed by atoms with Crippen LogP contribution in [-0.2, 0) is 0 Å². The summed E-state index contributed by atoms with van der Waals surface area (Å²) in [5, 5.41) is 9.80. The maximum absolute atomic E-state index is 11.9. The first-order chi connectivity index (χ1) is 7.58. The number of carbonyl (C=O) groups excluding carboxylic acids is 1. The van der Waals surface area contributed by atoms with Gasteiger partial charge in [-0.05, 0) is 29.6 Å². The van der Waals surface area contributed by atoms with Gasteiger partial charge in [-0.15, -0.1) is 0 Å². The summed E-state index contributed by atoms with van der Waals surface area (Å²) in [7, 11) is 0. The summed E-state index contributed by atoms with van der Waals surface area (Å²) >= 11 is 0. The van der Waals surface area contributed by atoms with Crippen molar-refractivity contribution in [2.45, 2.75) is 45.6 Å². The molecule has 0 spiro atoms. The van der Waals surface area contributed by atoms with Crippen LogP contribution in [0, 0.1) is 0 Å². The highest BCUT2D eigenvalue weighted by atomic mass is 16.6. The molecule has 0 aliphatic carbocycles. The maximum Gasteiger partial charge on any atom is 0.277 e. The monoisotopic (exact) mass is 226 g/mol. The third-order valence-corrected chi connectivity index (χ3v) is 3.14. The molecule has 0 bridgehead atoms. The predicted octanol–water partition coefficient (Wildman–Crippen LogP) is 1.35. The summed E-state index contributed by atoms with van der Waals surface area (Å²) in [5.41, 5.74) is 5.31. The third-order valence-electron chi connectivity index (χ3n) is 3.14. The molecule has 0 atom stereocenters. The zero-order chi connectivity index (χ0) is 12.2. The molecular weight excluding hydrogens is 208 g/mol. The fourth-order valence-corrected chi connectivity index (χ4v) is 1.67. The second-order valence-corrected chi connectivity index (χ2v) is 3.79. The minimum absolute atomic E-state index is 0.0229. The highest BCUT2D eigenvalue weighted by molar-refractivity contribution is 5.96. The van der Waals surface area contributed by atoms with Gasteiger partial charge in [0.15, 0.2) is 0 Å². The van der Waals surface area contributed by atoms with Crippen LogP contribution in [0.25, 0.3) is 0 Å². The van der Waals surface area contributed by atoms with Crippen molar-refractivity contribution in [2.24, 2.45) is 0 Å². The molecule has 1 amide bonds. The van der Waals surface area contributed by atoms with Gasteiger partial charge in [0.2, 0.25) is 11.5 Å². The van der Waals surface area contributed by atoms with Gasteiger partial charge >= 0.3 is 0 Å². The molecule has 1 rings (SSSR count). The zero-order valence-electron chi connectivity index (χ0n) is 9.91. The molecular formula is C10H18N4O2. The van der Waals surface area contributed by atoms with Crippen molar-refractivity contribution >= 4 is 11.7 Å². The quantitative estimate of drug-likeness (QED) is 0.790. The molecule has 0 saturated heterocycles. The largest absolute Gasteiger partial charge is 0.379 e. The Morgan fingerprint density at radius 3 is 2.25 bits per heavy atom. The van der Waals surface area contributed by atoms with E-state index in [9.17, 15) is 4.79 Å². The summed E-state index contributed by atoms with van der Waals surface area (Å²) in [5.74, 6) is -0.306. The van der Waals surface area contributed by atoms with Crippen LogP contribution in [-0.4, -0.2) is 21.8 Å². The average molecular weight is 226 g/mol. The molecule has 0 unspecified atom stereocenters. The molecule has 1 aromatic heterocycles. The van der Waals surface area contributed by atoms with Gasteiger partial charge in [-0.25, -0.2) is 4.63 Å². The van der Waals surface area contributed by atoms with Gasteiger partial charge < -0.3 is 11.1 Å². The molecule has 0 aliphatic heterocycles. The van der Waals surface area contributed by atoms with Gasteiger partial charge in [-0.1, -0.05) is 20.8 Å². The second kappa shape index (κ2) is 4.96. The normalized spacial score (nSPS) is 11.4. The minimum Gasteiger partial charge on any atom is -0.379 e. The Morgan fingerprint density at radius 2 is 1.88 bits per heavy atom. The number of aromatic nitrogens is 2. The second-order valence-electron chi connectivity index (χ2n) is 3.79. The Hall–Kier alpha value is -1.59. The Bertz CT molecular complexity index is 349. The van der Waals surface area contributed by atoms with E-state index in [4.69, 9.17) is 5.73 Å². The van der Waals surface area contributed by atoms with E-state index in [1.807, 2.05) is 20.8 Å². The molecule has 1 aromatic rings. The Morgan fingerprint density at radius 1 is 1.31 bits per heavy atom. The number of nitrogens with two attached hydrogens (primary N) is 1. The number of rotatable bonds is 5. The van der Waals surface area contributed by atoms with Gasteiger partial charge in [-0.3, -0.25) is 4.79 Å². The number of hydrogen-bond acceptors (Lipinski definition) is 5. The topological polar surface area (TPSA) is 94.0 Å². The van der Waals surface area contributed by atoms with E-state index in [0.717, 1.165) is 19.3 Å². The molecule has 16 heavy (non-hydrogen) atoms. The molecule has 0 fully saturated rings. The Labute approximate surface area is 94.5 Å². The van der Waals surface area contributed by atoms with E-state index in [-0.39, 0.29) is 23.0 Å². The number of nitrogens with zero attached hydrogens (tertiary/aromatic N) is 2. The van der Waals surface area contributed by atoms with Crippen molar-refractivity contribution in [3.63, 3.8) is 0 Å². The number of anilines is 1. The van der Waals surface area contributed by atoms with Crippen molar-refractivity contribution in [3.8, 4) is 0 Å². The van der Waals surface area contributed by atoms with Gasteiger partial charge in [0, 0.05) is 5.54 Å². The van der Waals surface area contributed by atoms with E-state index < -0.39 is 0 Å². The van der Waals surface area contributed by atoms with Crippen LogP contribution in [0.4, 0.5) is 5.82 Å². The third kappa shape index (κ3) is 2.32. The first-order valence-corrected chi connectivity index (χ1v) is 5.49. The van der Waals surface area contributed by atoms with Crippen LogP contribution < -0.4 is 11.1 Å². The fourth-order valence-electron chi connectivity index (χ4n) is 1.67. The van der Waals surface area contributed by atoms with Crippen molar-refractivity contribution in [2.75, 3.05) is 5.73 Å². The van der Waals surface area contributed by atoms with Crippen LogP contribution in [0.3, 0.4) is 0 Å². The lowest BCUT2D eigenvalue weighted by molar-refractivity contribution is 0.0878. The summed E-state index contributed by atoms with van der Waals surface area (Å²) < 4.78 is 4.40. The van der Waals surface area contributed by atoms with Crippen LogP contribution in [0.2, 0.25) is 0 Å². The van der Waals surface area contributed by atoms with E-state index in [1.54, 1.807) is 0 Å². The maximum atomic E-state index is 11.9. The zero-order valence-corrected chi connectivity index (χ0v) is 9.91. The molecule has 0 saturated carbocycles. The van der Waals surface area contributed by atoms with Crippen LogP contribution in [0.15, 0.2) is 4.63 Å². The van der Waals surface area contributed by atoms with Gasteiger partial charge in [0.1, 0.15) is 0 Å². The molecule has 0 aliphatic rings. The highest BCUT2D eigenvalue weighted by Gasteiger charge is 2.28. The number of nitrogen functional groups attached to an aromatic ring is 1. The first-order valence-electron chi connectivity index (χ1n) is 5.49. The molecule has 6 nitrogen and oxygen atoms in total. The lowest BCUT2D eigenvalue weighted by Gasteiger charge is -2.31. The smallest absolute Gasteiger partial charge is 0.277 e. The molecule has 90 valence electrons. The molecule has 0 aromatic carbocycles. The Balaban J connectivity index is 2.81. The number of carbonyl (C=O) groups is 1. The fraction of sp³-hybridized carbons (Fsp3) is 0.700. The summed E-state index contributed by atoms with van der Waals surface area (Å²) in [6.07, 6.45) is 2.57. The first kappa shape index (κ1) is 12.5. The standard InChI is InChI=1S/C10H18N4O2/c1-4-10(5-2,6-3)12-9(15)7-8(11)14-16-13-7/h4-6H2,1-3H3,(H2,11,14)(H,12,15). The number of nitrogens with one attached hydrogen (secondary N) is 1. The summed E-state index contributed by atoms with van der Waals surface area (Å²) in [4.78, 5) is 11.9. The minimum atomic E-state index is -0.329.